The van der Waals surface area contributed by atoms with Gasteiger partial charge in [-0.1, -0.05) is 39.8 Å². The first kappa shape index (κ1) is 34.2. The summed E-state index contributed by atoms with van der Waals surface area (Å²) >= 11 is 0. The van der Waals surface area contributed by atoms with Gasteiger partial charge in [0.25, 0.3) is 11.5 Å². The fourth-order valence-corrected chi connectivity index (χ4v) is 6.55. The van der Waals surface area contributed by atoms with Crippen LogP contribution in [0.2, 0.25) is 0 Å². The Bertz CT molecular complexity index is 1750. The smallest absolute Gasteiger partial charge is 0.256 e. The first-order chi connectivity index (χ1) is 22.7. The highest BCUT2D eigenvalue weighted by Gasteiger charge is 2.29. The Hall–Kier alpha value is -4.18. The minimum atomic E-state index is -0.867. The van der Waals surface area contributed by atoms with Crippen molar-refractivity contribution < 1.29 is 13.6 Å². The van der Waals surface area contributed by atoms with Crippen LogP contribution in [0.4, 0.5) is 14.7 Å². The summed E-state index contributed by atoms with van der Waals surface area (Å²) in [5.41, 5.74) is 1.54. The molecule has 2 fully saturated rings. The summed E-state index contributed by atoms with van der Waals surface area (Å²) in [5.74, 6) is -0.777. The summed E-state index contributed by atoms with van der Waals surface area (Å²) in [6, 6.07) is 12.3. The first-order valence-electron chi connectivity index (χ1n) is 17.0. The van der Waals surface area contributed by atoms with E-state index in [1.807, 2.05) is 33.8 Å². The molecule has 4 aromatic rings. The third-order valence-corrected chi connectivity index (χ3v) is 9.27. The predicted molar refractivity (Wildman–Crippen MR) is 184 cm³/mol. The topological polar surface area (TPSA) is 83.4 Å². The van der Waals surface area contributed by atoms with E-state index in [2.05, 4.69) is 22.0 Å². The fraction of sp³-hybridized carbons (Fsp3) is 0.459. The molecule has 0 spiro atoms. The number of aryl methyl sites for hydroxylation is 1. The summed E-state index contributed by atoms with van der Waals surface area (Å²) in [4.78, 5) is 40.8. The number of nitrogens with one attached hydrogen (secondary N) is 1. The van der Waals surface area contributed by atoms with E-state index in [1.165, 1.54) is 25.0 Å². The van der Waals surface area contributed by atoms with Crippen LogP contribution in [0.5, 0.6) is 0 Å². The number of para-hydroxylation sites is 1. The molecule has 2 aromatic carbocycles. The highest BCUT2D eigenvalue weighted by molar-refractivity contribution is 5.98. The Morgan fingerprint density at radius 3 is 2.28 bits per heavy atom. The minimum absolute atomic E-state index is 0.110. The van der Waals surface area contributed by atoms with E-state index >= 15 is 8.78 Å². The molecule has 0 bridgehead atoms. The Morgan fingerprint density at radius 1 is 0.936 bits per heavy atom. The number of likely N-dealkylation sites (tertiary alicyclic amines) is 1. The number of rotatable bonds is 7. The summed E-state index contributed by atoms with van der Waals surface area (Å²) in [5, 5.41) is 3.37. The number of anilines is 1. The molecular formula is C37H46F2N6O2. The molecule has 2 aliphatic rings. The number of hydrogen-bond acceptors (Lipinski definition) is 6. The number of pyridine rings is 1. The zero-order valence-electron chi connectivity index (χ0n) is 28.2. The molecule has 0 radical (unpaired) electrons. The molecule has 0 atom stereocenters. The summed E-state index contributed by atoms with van der Waals surface area (Å²) < 4.78 is 31.3. The largest absolute Gasteiger partial charge is 0.352 e. The van der Waals surface area contributed by atoms with Crippen LogP contribution in [0.1, 0.15) is 75.7 Å². The third kappa shape index (κ3) is 7.22. The van der Waals surface area contributed by atoms with Crippen molar-refractivity contribution in [2.75, 3.05) is 37.6 Å². The molecule has 2 saturated heterocycles. The van der Waals surface area contributed by atoms with Gasteiger partial charge in [-0.25, -0.2) is 13.8 Å². The number of halogens is 2. The van der Waals surface area contributed by atoms with Crippen molar-refractivity contribution in [3.63, 3.8) is 0 Å². The molecule has 6 rings (SSSR count). The van der Waals surface area contributed by atoms with Gasteiger partial charge in [0.1, 0.15) is 17.3 Å². The van der Waals surface area contributed by atoms with Crippen molar-refractivity contribution in [2.45, 2.75) is 72.8 Å². The van der Waals surface area contributed by atoms with Crippen LogP contribution in [0.15, 0.2) is 53.3 Å². The van der Waals surface area contributed by atoms with E-state index in [-0.39, 0.29) is 11.6 Å². The monoisotopic (exact) mass is 644 g/mol. The summed E-state index contributed by atoms with van der Waals surface area (Å²) in [6.07, 6.45) is 5.14. The van der Waals surface area contributed by atoms with Crippen LogP contribution >= 0.6 is 0 Å². The van der Waals surface area contributed by atoms with E-state index in [1.54, 1.807) is 18.2 Å². The van der Waals surface area contributed by atoms with Crippen LogP contribution in [-0.2, 0) is 0 Å². The standard InChI is InChI=1S/C35H40F2N6O2.C2H6/c1-4-16-38-34(45)24-9-8-23(3)27(21-24)31-26-10-11-30(44)43(32-28(36)6-5-7-29(32)37)33(26)40-35(39-31)42-19-14-25(15-20-42)41-17-12-22(2)13-18-41;1-2/h5-11,21-22,25H,4,12-20H2,1-3H3,(H,38,45);1-2H3. The molecular weight excluding hydrogens is 598 g/mol. The van der Waals surface area contributed by atoms with Gasteiger partial charge >= 0.3 is 0 Å². The number of fused-ring (bicyclic) bond motifs is 1. The lowest BCUT2D eigenvalue weighted by atomic mass is 9.95. The lowest BCUT2D eigenvalue weighted by molar-refractivity contribution is 0.0953. The number of carbonyl (C=O) groups excluding carboxylic acids is 1. The van der Waals surface area contributed by atoms with Crippen molar-refractivity contribution >= 4 is 22.9 Å². The van der Waals surface area contributed by atoms with E-state index < -0.39 is 22.9 Å². The van der Waals surface area contributed by atoms with Crippen molar-refractivity contribution in [2.24, 2.45) is 5.92 Å². The number of amides is 1. The van der Waals surface area contributed by atoms with Crippen molar-refractivity contribution in [3.05, 3.63) is 81.6 Å². The maximum atomic E-state index is 15.2. The Morgan fingerprint density at radius 2 is 1.62 bits per heavy atom. The number of piperidine rings is 2. The van der Waals surface area contributed by atoms with Gasteiger partial charge in [0.15, 0.2) is 5.65 Å². The zero-order chi connectivity index (χ0) is 33.7. The Labute approximate surface area is 275 Å². The molecule has 2 aromatic heterocycles. The molecule has 47 heavy (non-hydrogen) atoms. The number of carbonyl (C=O) groups is 1. The van der Waals surface area contributed by atoms with E-state index in [9.17, 15) is 9.59 Å². The molecule has 2 aliphatic heterocycles. The molecule has 0 aliphatic carbocycles. The highest BCUT2D eigenvalue weighted by Crippen LogP contribution is 2.33. The summed E-state index contributed by atoms with van der Waals surface area (Å²) in [7, 11) is 0. The third-order valence-electron chi connectivity index (χ3n) is 9.27. The van der Waals surface area contributed by atoms with Gasteiger partial charge in [0.2, 0.25) is 5.95 Å². The van der Waals surface area contributed by atoms with Crippen molar-refractivity contribution in [1.82, 2.24) is 24.8 Å². The minimum Gasteiger partial charge on any atom is -0.352 e. The Balaban J connectivity index is 0.00000213. The lowest BCUT2D eigenvalue weighted by Crippen LogP contribution is -2.48. The first-order valence-corrected chi connectivity index (χ1v) is 17.0. The van der Waals surface area contributed by atoms with Crippen LogP contribution in [0, 0.1) is 24.5 Å². The molecule has 250 valence electrons. The average Bonchev–Trinajstić information content (AvgIpc) is 3.09. The van der Waals surface area contributed by atoms with Gasteiger partial charge in [0, 0.05) is 48.3 Å². The summed E-state index contributed by atoms with van der Waals surface area (Å²) in [6.45, 7) is 14.4. The maximum Gasteiger partial charge on any atom is 0.256 e. The number of benzene rings is 2. The quantitative estimate of drug-likeness (QED) is 0.236. The van der Waals surface area contributed by atoms with E-state index in [0.717, 1.165) is 60.5 Å². The van der Waals surface area contributed by atoms with Crippen LogP contribution in [-0.4, -0.2) is 64.1 Å². The second-order valence-corrected chi connectivity index (χ2v) is 12.4. The molecule has 8 nitrogen and oxygen atoms in total. The maximum absolute atomic E-state index is 15.2. The van der Waals surface area contributed by atoms with Gasteiger partial charge < -0.3 is 15.1 Å². The normalized spacial score (nSPS) is 16.2. The van der Waals surface area contributed by atoms with Gasteiger partial charge in [-0.15, -0.1) is 0 Å². The molecule has 0 saturated carbocycles. The van der Waals surface area contributed by atoms with Gasteiger partial charge in [0.05, 0.1) is 5.69 Å². The van der Waals surface area contributed by atoms with Gasteiger partial charge in [-0.05, 0) is 93.9 Å². The van der Waals surface area contributed by atoms with Crippen LogP contribution in [0.25, 0.3) is 28.0 Å². The second-order valence-electron chi connectivity index (χ2n) is 12.4. The van der Waals surface area contributed by atoms with Gasteiger partial charge in [-0.3, -0.25) is 14.2 Å². The number of aromatic nitrogens is 3. The lowest BCUT2D eigenvalue weighted by Gasteiger charge is -2.41. The number of hydrogen-bond donors (Lipinski definition) is 1. The SMILES string of the molecule is CC.CCCNC(=O)c1ccc(C)c(-c2nc(N3CCC(N4CCC(C)CC4)CC3)nc3c2ccc(=O)n3-c2c(F)cccc2F)c1. The van der Waals surface area contributed by atoms with Crippen LogP contribution < -0.4 is 15.8 Å². The van der Waals surface area contributed by atoms with Crippen molar-refractivity contribution in [3.8, 4) is 16.9 Å². The molecule has 1 N–H and O–H groups in total. The second kappa shape index (κ2) is 15.2. The number of nitrogens with zero attached hydrogens (tertiary/aromatic N) is 5. The van der Waals surface area contributed by atoms with E-state index in [0.29, 0.717) is 53.8 Å². The van der Waals surface area contributed by atoms with Crippen molar-refractivity contribution in [1.29, 1.82) is 0 Å². The average molecular weight is 645 g/mol. The Kier molecular flexibility index (Phi) is 11.0. The highest BCUT2D eigenvalue weighted by atomic mass is 19.1. The van der Waals surface area contributed by atoms with E-state index in [4.69, 9.17) is 9.97 Å². The fourth-order valence-electron chi connectivity index (χ4n) is 6.55. The zero-order valence-corrected chi connectivity index (χ0v) is 28.2. The molecule has 10 heteroatoms. The van der Waals surface area contributed by atoms with Gasteiger partial charge in [-0.2, -0.15) is 4.98 Å². The molecule has 4 heterocycles. The predicted octanol–water partition coefficient (Wildman–Crippen LogP) is 6.90. The van der Waals surface area contributed by atoms with Crippen LogP contribution in [0.3, 0.4) is 0 Å². The molecule has 1 amide bonds. The molecule has 0 unspecified atom stereocenters.